The first kappa shape index (κ1) is 24.5. The molecular formula is C26H32N10O2. The number of aromatic nitrogens is 8. The molecule has 1 unspecified atom stereocenters. The zero-order valence-corrected chi connectivity index (χ0v) is 22.2. The molecule has 6 heterocycles. The number of likely N-dealkylation sites (tertiary alicyclic amines) is 1. The molecule has 12 heteroatoms. The number of hydrogen-bond donors (Lipinski definition) is 0. The lowest BCUT2D eigenvalue weighted by atomic mass is 10.0. The second kappa shape index (κ2) is 9.81. The second-order valence-corrected chi connectivity index (χ2v) is 10.5. The fourth-order valence-electron chi connectivity index (χ4n) is 5.25. The minimum Gasteiger partial charge on any atom is -0.482 e. The van der Waals surface area contributed by atoms with Crippen molar-refractivity contribution in [2.45, 2.75) is 64.8 Å². The number of pyridine rings is 1. The number of rotatable bonds is 7. The number of ether oxygens (including phenoxy) is 2. The predicted molar refractivity (Wildman–Crippen MR) is 138 cm³/mol. The molecule has 2 saturated heterocycles. The van der Waals surface area contributed by atoms with Gasteiger partial charge in [0.1, 0.15) is 40.4 Å². The number of hydrogen-bond acceptors (Lipinski definition) is 9. The molecule has 0 N–H and O–H groups in total. The molecule has 6 rings (SSSR count). The van der Waals surface area contributed by atoms with Gasteiger partial charge in [-0.05, 0) is 46.6 Å². The summed E-state index contributed by atoms with van der Waals surface area (Å²) in [6.07, 6.45) is 7.00. The van der Waals surface area contributed by atoms with Crippen LogP contribution >= 0.6 is 0 Å². The van der Waals surface area contributed by atoms with Crippen LogP contribution in [0.15, 0.2) is 24.7 Å². The van der Waals surface area contributed by atoms with Crippen LogP contribution < -0.4 is 4.74 Å². The van der Waals surface area contributed by atoms with E-state index in [9.17, 15) is 5.26 Å². The van der Waals surface area contributed by atoms with E-state index < -0.39 is 0 Å². The Labute approximate surface area is 220 Å². The van der Waals surface area contributed by atoms with Gasteiger partial charge in [-0.1, -0.05) is 10.4 Å². The van der Waals surface area contributed by atoms with Crippen molar-refractivity contribution in [2.24, 2.45) is 0 Å². The van der Waals surface area contributed by atoms with Gasteiger partial charge in [0.2, 0.25) is 0 Å². The Balaban J connectivity index is 1.29. The molecule has 0 radical (unpaired) electrons. The van der Waals surface area contributed by atoms with Crippen LogP contribution in [-0.4, -0.2) is 76.8 Å². The highest BCUT2D eigenvalue weighted by Gasteiger charge is 2.31. The quantitative estimate of drug-likeness (QED) is 0.364. The van der Waals surface area contributed by atoms with Crippen LogP contribution in [0.4, 0.5) is 0 Å². The van der Waals surface area contributed by atoms with Gasteiger partial charge in [0.05, 0.1) is 43.4 Å². The van der Waals surface area contributed by atoms with Crippen molar-refractivity contribution < 1.29 is 9.47 Å². The van der Waals surface area contributed by atoms with Crippen molar-refractivity contribution in [1.82, 2.24) is 44.5 Å². The van der Waals surface area contributed by atoms with E-state index in [1.807, 2.05) is 39.2 Å². The van der Waals surface area contributed by atoms with Gasteiger partial charge in [-0.25, -0.2) is 13.9 Å². The monoisotopic (exact) mass is 516 g/mol. The van der Waals surface area contributed by atoms with Gasteiger partial charge in [-0.3, -0.25) is 4.90 Å². The Morgan fingerprint density at radius 1 is 1.08 bits per heavy atom. The maximum atomic E-state index is 9.69. The van der Waals surface area contributed by atoms with Crippen LogP contribution in [0.25, 0.3) is 16.8 Å². The maximum absolute atomic E-state index is 9.69. The molecule has 198 valence electrons. The van der Waals surface area contributed by atoms with Crippen LogP contribution in [-0.2, 0) is 4.74 Å². The molecule has 1 atom stereocenters. The van der Waals surface area contributed by atoms with E-state index in [-0.39, 0.29) is 12.1 Å². The third-order valence-corrected chi connectivity index (χ3v) is 7.66. The van der Waals surface area contributed by atoms with E-state index in [0.29, 0.717) is 34.6 Å². The second-order valence-electron chi connectivity index (χ2n) is 10.5. The first-order valence-corrected chi connectivity index (χ1v) is 13.2. The molecule has 38 heavy (non-hydrogen) atoms. The van der Waals surface area contributed by atoms with Gasteiger partial charge in [0.25, 0.3) is 0 Å². The smallest absolute Gasteiger partial charge is 0.148 e. The maximum Gasteiger partial charge on any atom is 0.148 e. The van der Waals surface area contributed by atoms with E-state index in [0.717, 1.165) is 56.1 Å². The molecule has 2 aliphatic rings. The van der Waals surface area contributed by atoms with Crippen LogP contribution in [0, 0.1) is 18.3 Å². The van der Waals surface area contributed by atoms with Gasteiger partial charge in [0, 0.05) is 30.9 Å². The third-order valence-electron chi connectivity index (χ3n) is 7.66. The number of fused-ring (bicyclic) bond motifs is 1. The first-order valence-electron chi connectivity index (χ1n) is 13.2. The van der Waals surface area contributed by atoms with E-state index in [1.54, 1.807) is 15.4 Å². The lowest BCUT2D eigenvalue weighted by molar-refractivity contribution is -0.0735. The average molecular weight is 517 g/mol. The van der Waals surface area contributed by atoms with Gasteiger partial charge in [-0.15, -0.1) is 10.2 Å². The predicted octanol–water partition coefficient (Wildman–Crippen LogP) is 3.12. The fourth-order valence-corrected chi connectivity index (χ4v) is 5.25. The Morgan fingerprint density at radius 3 is 2.53 bits per heavy atom. The van der Waals surface area contributed by atoms with Crippen molar-refractivity contribution in [3.63, 3.8) is 0 Å². The van der Waals surface area contributed by atoms with Gasteiger partial charge < -0.3 is 9.47 Å². The van der Waals surface area contributed by atoms with Crippen LogP contribution in [0.5, 0.6) is 5.75 Å². The van der Waals surface area contributed by atoms with E-state index in [4.69, 9.17) is 9.47 Å². The van der Waals surface area contributed by atoms with Gasteiger partial charge in [0.15, 0.2) is 0 Å². The number of nitrogens with zero attached hydrogens (tertiary/aromatic N) is 10. The summed E-state index contributed by atoms with van der Waals surface area (Å²) in [5.74, 6) is 0.535. The summed E-state index contributed by atoms with van der Waals surface area (Å²) in [6, 6.07) is 5.22. The molecule has 0 aromatic carbocycles. The molecule has 0 bridgehead atoms. The van der Waals surface area contributed by atoms with Gasteiger partial charge in [-0.2, -0.15) is 10.4 Å². The molecule has 4 aromatic rings. The zero-order valence-electron chi connectivity index (χ0n) is 22.2. The SMILES string of the molecule is Cc1c(-c2cc(OC(C)c3cn(C(C)C)nn3)c3c(C#N)cnn3c2)nnn1C1CCN(C2COC2)CC1. The van der Waals surface area contributed by atoms with E-state index >= 15 is 0 Å². The van der Waals surface area contributed by atoms with E-state index in [2.05, 4.69) is 48.3 Å². The average Bonchev–Trinajstić information content (AvgIpc) is 3.62. The zero-order chi connectivity index (χ0) is 26.4. The molecular weight excluding hydrogens is 484 g/mol. The third kappa shape index (κ3) is 4.31. The van der Waals surface area contributed by atoms with Crippen molar-refractivity contribution >= 4 is 5.52 Å². The van der Waals surface area contributed by atoms with Crippen molar-refractivity contribution in [2.75, 3.05) is 26.3 Å². The number of piperidine rings is 1. The molecule has 12 nitrogen and oxygen atoms in total. The van der Waals surface area contributed by atoms with Crippen LogP contribution in [0.1, 0.15) is 68.8 Å². The molecule has 2 fully saturated rings. The Morgan fingerprint density at radius 2 is 1.87 bits per heavy atom. The normalized spacial score (nSPS) is 18.1. The van der Waals surface area contributed by atoms with E-state index in [1.165, 1.54) is 0 Å². The Bertz CT molecular complexity index is 1480. The summed E-state index contributed by atoms with van der Waals surface area (Å²) < 4.78 is 17.3. The molecule has 0 aliphatic carbocycles. The molecule has 2 aliphatic heterocycles. The highest BCUT2D eigenvalue weighted by molar-refractivity contribution is 5.74. The van der Waals surface area contributed by atoms with Crippen LogP contribution in [0.3, 0.4) is 0 Å². The Hall–Kier alpha value is -3.82. The molecule has 0 spiro atoms. The minimum absolute atomic E-state index is 0.198. The van der Waals surface area contributed by atoms with Crippen molar-refractivity contribution in [1.29, 1.82) is 5.26 Å². The van der Waals surface area contributed by atoms with Crippen molar-refractivity contribution in [3.05, 3.63) is 41.6 Å². The summed E-state index contributed by atoms with van der Waals surface area (Å²) in [6.45, 7) is 11.9. The summed E-state index contributed by atoms with van der Waals surface area (Å²) in [5, 5.41) is 31.7. The topological polar surface area (TPSA) is 124 Å². The number of nitriles is 1. The van der Waals surface area contributed by atoms with Gasteiger partial charge >= 0.3 is 0 Å². The fraction of sp³-hybridized carbons (Fsp3) is 0.538. The highest BCUT2D eigenvalue weighted by Crippen LogP contribution is 2.34. The largest absolute Gasteiger partial charge is 0.482 e. The molecule has 0 amide bonds. The first-order chi connectivity index (χ1) is 18.4. The standard InChI is InChI=1S/C26H32N10O2/c1-16(2)34-13-23(29-31-34)18(4)38-24-9-19(12-35-26(24)20(10-27)11-28-35)25-17(3)36(32-30-25)21-5-7-33(8-6-21)22-14-37-15-22/h9,11-13,16,18,21-22H,5-8,14-15H2,1-4H3. The van der Waals surface area contributed by atoms with Crippen LogP contribution in [0.2, 0.25) is 0 Å². The Kier molecular flexibility index (Phi) is 6.33. The summed E-state index contributed by atoms with van der Waals surface area (Å²) in [7, 11) is 0. The summed E-state index contributed by atoms with van der Waals surface area (Å²) in [4.78, 5) is 2.52. The molecule has 0 saturated carbocycles. The molecule has 4 aromatic heterocycles. The summed E-state index contributed by atoms with van der Waals surface area (Å²) >= 11 is 0. The lowest BCUT2D eigenvalue weighted by Gasteiger charge is -2.41. The summed E-state index contributed by atoms with van der Waals surface area (Å²) in [5.41, 5.74) is 4.36. The highest BCUT2D eigenvalue weighted by atomic mass is 16.5. The van der Waals surface area contributed by atoms with Crippen molar-refractivity contribution in [3.8, 4) is 23.1 Å². The minimum atomic E-state index is -0.383. The lowest BCUT2D eigenvalue weighted by Crippen LogP contribution is -2.52.